The molecule has 0 heterocycles. The minimum Gasteiger partial charge on any atom is -0.465 e. The van der Waals surface area contributed by atoms with Crippen molar-refractivity contribution < 1.29 is 19.1 Å². The van der Waals surface area contributed by atoms with Crippen LogP contribution in [0.1, 0.15) is 31.1 Å². The van der Waals surface area contributed by atoms with Gasteiger partial charge in [0.2, 0.25) is 0 Å². The Balaban J connectivity index is 2.05. The molecule has 0 aliphatic carbocycles. The van der Waals surface area contributed by atoms with Gasteiger partial charge in [-0.1, -0.05) is 29.3 Å². The molecule has 0 aromatic heterocycles. The Hall–Kier alpha value is -2.57. The van der Waals surface area contributed by atoms with Gasteiger partial charge >= 0.3 is 5.97 Å². The van der Waals surface area contributed by atoms with E-state index in [1.165, 1.54) is 49.6 Å². The van der Waals surface area contributed by atoms with Crippen LogP contribution >= 0.6 is 23.2 Å². The number of carbonyl (C=O) groups excluding carboxylic acids is 3. The lowest BCUT2D eigenvalue weighted by molar-refractivity contribution is 0.0600. The molecule has 2 N–H and O–H groups in total. The van der Waals surface area contributed by atoms with Gasteiger partial charge in [-0.05, 0) is 36.4 Å². The third kappa shape index (κ3) is 4.24. The quantitative estimate of drug-likeness (QED) is 0.646. The van der Waals surface area contributed by atoms with Crippen LogP contribution in [0.25, 0.3) is 0 Å². The summed E-state index contributed by atoms with van der Waals surface area (Å²) in [7, 11) is 1.24. The van der Waals surface area contributed by atoms with Crippen molar-refractivity contribution in [2.24, 2.45) is 0 Å². The van der Waals surface area contributed by atoms with Crippen LogP contribution in [0.2, 0.25) is 10.0 Å². The molecule has 24 heavy (non-hydrogen) atoms. The number of nitrogens with one attached hydrogen (secondary N) is 2. The number of benzene rings is 2. The van der Waals surface area contributed by atoms with Crippen LogP contribution in [0.3, 0.4) is 0 Å². The van der Waals surface area contributed by atoms with E-state index in [0.717, 1.165) is 0 Å². The van der Waals surface area contributed by atoms with Crippen molar-refractivity contribution in [2.45, 2.75) is 0 Å². The van der Waals surface area contributed by atoms with E-state index in [0.29, 0.717) is 5.02 Å². The second kappa shape index (κ2) is 7.81. The Morgan fingerprint density at radius 2 is 1.58 bits per heavy atom. The Morgan fingerprint density at radius 1 is 0.917 bits per heavy atom. The number of ether oxygens (including phenoxy) is 1. The van der Waals surface area contributed by atoms with Crippen LogP contribution in [0.5, 0.6) is 0 Å². The molecule has 2 rings (SSSR count). The maximum Gasteiger partial charge on any atom is 0.337 e. The van der Waals surface area contributed by atoms with Crippen molar-refractivity contribution in [3.63, 3.8) is 0 Å². The number of hydrogen-bond acceptors (Lipinski definition) is 4. The van der Waals surface area contributed by atoms with E-state index in [-0.39, 0.29) is 21.7 Å². The van der Waals surface area contributed by atoms with Gasteiger partial charge in [-0.15, -0.1) is 0 Å². The van der Waals surface area contributed by atoms with E-state index in [9.17, 15) is 14.4 Å². The van der Waals surface area contributed by atoms with E-state index >= 15 is 0 Å². The number of rotatable bonds is 3. The second-order valence-corrected chi connectivity index (χ2v) is 5.45. The molecule has 0 saturated carbocycles. The first-order valence-corrected chi connectivity index (χ1v) is 7.42. The summed E-state index contributed by atoms with van der Waals surface area (Å²) in [4.78, 5) is 35.5. The number of carbonyl (C=O) groups is 3. The molecule has 8 heteroatoms. The van der Waals surface area contributed by atoms with Gasteiger partial charge in [0.05, 0.1) is 23.3 Å². The van der Waals surface area contributed by atoms with E-state index in [1.54, 1.807) is 0 Å². The molecule has 6 nitrogen and oxygen atoms in total. The number of hydrogen-bond donors (Lipinski definition) is 2. The van der Waals surface area contributed by atoms with Gasteiger partial charge in [0, 0.05) is 10.6 Å². The van der Waals surface area contributed by atoms with Crippen LogP contribution in [0.4, 0.5) is 0 Å². The largest absolute Gasteiger partial charge is 0.465 e. The molecule has 124 valence electrons. The van der Waals surface area contributed by atoms with Crippen LogP contribution in [0, 0.1) is 0 Å². The van der Waals surface area contributed by atoms with Gasteiger partial charge in [0.1, 0.15) is 0 Å². The van der Waals surface area contributed by atoms with Crippen molar-refractivity contribution in [1.29, 1.82) is 0 Å². The van der Waals surface area contributed by atoms with Crippen molar-refractivity contribution >= 4 is 41.0 Å². The first kappa shape index (κ1) is 17.8. The van der Waals surface area contributed by atoms with E-state index < -0.39 is 17.8 Å². The Kier molecular flexibility index (Phi) is 5.78. The highest BCUT2D eigenvalue weighted by Gasteiger charge is 2.14. The van der Waals surface area contributed by atoms with Crippen molar-refractivity contribution in [1.82, 2.24) is 10.9 Å². The van der Waals surface area contributed by atoms with Gasteiger partial charge in [-0.25, -0.2) is 4.79 Å². The zero-order valence-corrected chi connectivity index (χ0v) is 13.9. The lowest BCUT2D eigenvalue weighted by atomic mass is 10.1. The van der Waals surface area contributed by atoms with Gasteiger partial charge < -0.3 is 4.74 Å². The minimum absolute atomic E-state index is 0.155. The predicted octanol–water partition coefficient (Wildman–Crippen LogP) is 2.85. The molecule has 0 radical (unpaired) electrons. The summed E-state index contributed by atoms with van der Waals surface area (Å²) in [6.07, 6.45) is 0. The molecule has 2 amide bonds. The number of methoxy groups -OCH3 is 1. The topological polar surface area (TPSA) is 84.5 Å². The predicted molar refractivity (Wildman–Crippen MR) is 89.2 cm³/mol. The van der Waals surface area contributed by atoms with Crippen molar-refractivity contribution in [3.8, 4) is 0 Å². The first-order valence-electron chi connectivity index (χ1n) is 6.66. The normalized spacial score (nSPS) is 9.96. The van der Waals surface area contributed by atoms with E-state index in [4.69, 9.17) is 23.2 Å². The molecule has 0 saturated heterocycles. The van der Waals surface area contributed by atoms with Crippen LogP contribution in [0.15, 0.2) is 42.5 Å². The summed E-state index contributed by atoms with van der Waals surface area (Å²) < 4.78 is 4.58. The smallest absolute Gasteiger partial charge is 0.337 e. The van der Waals surface area contributed by atoms with Crippen molar-refractivity contribution in [3.05, 3.63) is 69.2 Å². The minimum atomic E-state index is -0.603. The zero-order valence-electron chi connectivity index (χ0n) is 12.4. The zero-order chi connectivity index (χ0) is 17.7. The number of amides is 2. The molecule has 0 unspecified atom stereocenters. The molecule has 0 fully saturated rings. The molecule has 0 bridgehead atoms. The monoisotopic (exact) mass is 366 g/mol. The van der Waals surface area contributed by atoms with Crippen LogP contribution < -0.4 is 10.9 Å². The van der Waals surface area contributed by atoms with Crippen LogP contribution in [-0.2, 0) is 4.74 Å². The fourth-order valence-electron chi connectivity index (χ4n) is 1.83. The summed E-state index contributed by atoms with van der Waals surface area (Å²) in [5.41, 5.74) is 5.04. The maximum absolute atomic E-state index is 12.1. The van der Waals surface area contributed by atoms with E-state index in [2.05, 4.69) is 15.6 Å². The summed E-state index contributed by atoms with van der Waals surface area (Å²) in [5, 5.41) is 0.544. The van der Waals surface area contributed by atoms with Crippen LogP contribution in [-0.4, -0.2) is 24.9 Å². The highest BCUT2D eigenvalue weighted by molar-refractivity contribution is 6.36. The molecular weight excluding hydrogens is 355 g/mol. The number of esters is 1. The fourth-order valence-corrected chi connectivity index (χ4v) is 2.33. The second-order valence-electron chi connectivity index (χ2n) is 4.60. The highest BCUT2D eigenvalue weighted by atomic mass is 35.5. The summed E-state index contributed by atoms with van der Waals surface area (Å²) >= 11 is 11.7. The standard InChI is InChI=1S/C16H12Cl2N2O4/c1-24-16(23)10-4-2-3-9(7-10)14(21)19-20-15(22)12-6-5-11(17)8-13(12)18/h2-8H,1H3,(H,19,21)(H,20,22). The fraction of sp³-hybridized carbons (Fsp3) is 0.0625. The molecule has 0 aliphatic heterocycles. The molecule has 0 spiro atoms. The lowest BCUT2D eigenvalue weighted by Crippen LogP contribution is -2.41. The average Bonchev–Trinajstić information content (AvgIpc) is 2.58. The highest BCUT2D eigenvalue weighted by Crippen LogP contribution is 2.20. The summed E-state index contributed by atoms with van der Waals surface area (Å²) in [5.74, 6) is -1.77. The summed E-state index contributed by atoms with van der Waals surface area (Å²) in [6.45, 7) is 0. The SMILES string of the molecule is COC(=O)c1cccc(C(=O)NNC(=O)c2ccc(Cl)cc2Cl)c1. The Bertz CT molecular complexity index is 808. The number of halogens is 2. The average molecular weight is 367 g/mol. The third-order valence-corrected chi connectivity index (χ3v) is 3.56. The Labute approximate surface area is 147 Å². The van der Waals surface area contributed by atoms with E-state index in [1.807, 2.05) is 0 Å². The molecule has 0 atom stereocenters. The molecule has 0 aliphatic rings. The van der Waals surface area contributed by atoms with Gasteiger partial charge in [-0.2, -0.15) is 0 Å². The van der Waals surface area contributed by atoms with Gasteiger partial charge in [0.25, 0.3) is 11.8 Å². The first-order chi connectivity index (χ1) is 11.4. The Morgan fingerprint density at radius 3 is 2.25 bits per heavy atom. The summed E-state index contributed by atoms with van der Waals surface area (Å²) in [6, 6.07) is 10.2. The lowest BCUT2D eigenvalue weighted by Gasteiger charge is -2.09. The molecular formula is C16H12Cl2N2O4. The van der Waals surface area contributed by atoms with Crippen molar-refractivity contribution in [2.75, 3.05) is 7.11 Å². The van der Waals surface area contributed by atoms with Gasteiger partial charge in [0.15, 0.2) is 0 Å². The molecule has 2 aromatic rings. The third-order valence-electron chi connectivity index (χ3n) is 3.01. The van der Waals surface area contributed by atoms with Gasteiger partial charge in [-0.3, -0.25) is 20.4 Å². The molecule has 2 aromatic carbocycles. The number of hydrazine groups is 1. The maximum atomic E-state index is 12.1.